The van der Waals surface area contributed by atoms with Crippen molar-refractivity contribution in [2.24, 2.45) is 0 Å². The topological polar surface area (TPSA) is 66.4 Å². The Hall–Kier alpha value is -0.130. The Bertz CT molecular complexity index is 303. The Labute approximate surface area is 92.1 Å². The van der Waals surface area contributed by atoms with Gasteiger partial charge in [-0.2, -0.15) is 0 Å². The number of hydrogen-bond acceptors (Lipinski definition) is 3. The van der Waals surface area contributed by atoms with Crippen LogP contribution in [0.4, 0.5) is 0 Å². The van der Waals surface area contributed by atoms with E-state index in [1.54, 1.807) is 20.8 Å². The molecule has 0 amide bonds. The highest BCUT2D eigenvalue weighted by Gasteiger charge is 2.35. The van der Waals surface area contributed by atoms with Gasteiger partial charge in [0.05, 0.1) is 16.9 Å². The summed E-state index contributed by atoms with van der Waals surface area (Å²) in [6.45, 7) is 4.99. The second-order valence-corrected chi connectivity index (χ2v) is 6.91. The molecule has 15 heavy (non-hydrogen) atoms. The highest BCUT2D eigenvalue weighted by molar-refractivity contribution is 7.90. The Morgan fingerprint density at radius 2 is 1.80 bits per heavy atom. The van der Waals surface area contributed by atoms with Gasteiger partial charge in [0, 0.05) is 0 Å². The molecule has 1 fully saturated rings. The van der Waals surface area contributed by atoms with E-state index in [0.29, 0.717) is 0 Å². The lowest BCUT2D eigenvalue weighted by Gasteiger charge is -2.30. The molecule has 0 bridgehead atoms. The van der Waals surface area contributed by atoms with Crippen LogP contribution in [0, 0.1) is 0 Å². The molecule has 1 unspecified atom stereocenters. The quantitative estimate of drug-likeness (QED) is 0.764. The van der Waals surface area contributed by atoms with Crippen molar-refractivity contribution in [1.82, 2.24) is 4.72 Å². The lowest BCUT2D eigenvalue weighted by atomic mass is 10.0. The SMILES string of the molecule is CC(O)C(C)(C)NS(=O)(=O)C1CCCC1. The van der Waals surface area contributed by atoms with Crippen molar-refractivity contribution in [2.75, 3.05) is 0 Å². The Morgan fingerprint density at radius 3 is 2.20 bits per heavy atom. The van der Waals surface area contributed by atoms with Crippen LogP contribution in [0.25, 0.3) is 0 Å². The van der Waals surface area contributed by atoms with Crippen molar-refractivity contribution in [3.8, 4) is 0 Å². The molecule has 0 spiro atoms. The van der Waals surface area contributed by atoms with E-state index in [4.69, 9.17) is 0 Å². The summed E-state index contributed by atoms with van der Waals surface area (Å²) in [7, 11) is -3.27. The summed E-state index contributed by atoms with van der Waals surface area (Å²) < 4.78 is 26.5. The molecular weight excluding hydrogens is 214 g/mol. The van der Waals surface area contributed by atoms with Gasteiger partial charge >= 0.3 is 0 Å². The molecule has 0 heterocycles. The summed E-state index contributed by atoms with van der Waals surface area (Å²) in [5, 5.41) is 9.19. The smallest absolute Gasteiger partial charge is 0.215 e. The minimum atomic E-state index is -3.27. The fourth-order valence-corrected chi connectivity index (χ4v) is 3.76. The number of sulfonamides is 1. The fraction of sp³-hybridized carbons (Fsp3) is 1.00. The molecule has 0 aromatic rings. The monoisotopic (exact) mass is 235 g/mol. The van der Waals surface area contributed by atoms with Gasteiger partial charge in [-0.05, 0) is 33.6 Å². The van der Waals surface area contributed by atoms with Crippen LogP contribution in [0.2, 0.25) is 0 Å². The highest BCUT2D eigenvalue weighted by Crippen LogP contribution is 2.25. The van der Waals surface area contributed by atoms with Gasteiger partial charge in [-0.1, -0.05) is 12.8 Å². The van der Waals surface area contributed by atoms with E-state index in [9.17, 15) is 13.5 Å². The van der Waals surface area contributed by atoms with Crippen LogP contribution < -0.4 is 4.72 Å². The van der Waals surface area contributed by atoms with Gasteiger partial charge in [0.2, 0.25) is 10.0 Å². The Kier molecular flexibility index (Phi) is 3.79. The summed E-state index contributed by atoms with van der Waals surface area (Å²) in [6.07, 6.45) is 2.76. The third-order valence-corrected chi connectivity index (χ3v) is 5.35. The van der Waals surface area contributed by atoms with Crippen LogP contribution in [0.5, 0.6) is 0 Å². The average Bonchev–Trinajstić information content (AvgIpc) is 2.53. The molecule has 1 aliphatic carbocycles. The normalized spacial score (nSPS) is 21.9. The minimum absolute atomic E-state index is 0.268. The first-order valence-electron chi connectivity index (χ1n) is 5.46. The predicted octanol–water partition coefficient (Wildman–Crippen LogP) is 1.01. The molecule has 0 radical (unpaired) electrons. The third-order valence-electron chi connectivity index (χ3n) is 3.19. The third kappa shape index (κ3) is 3.16. The van der Waals surface area contributed by atoms with Crippen molar-refractivity contribution in [1.29, 1.82) is 0 Å². The number of hydrogen-bond donors (Lipinski definition) is 2. The van der Waals surface area contributed by atoms with Crippen LogP contribution in [0.15, 0.2) is 0 Å². The van der Waals surface area contributed by atoms with E-state index in [2.05, 4.69) is 4.72 Å². The summed E-state index contributed by atoms with van der Waals surface area (Å²) in [6, 6.07) is 0. The van der Waals surface area contributed by atoms with Gasteiger partial charge in [-0.3, -0.25) is 0 Å². The minimum Gasteiger partial charge on any atom is -0.391 e. The van der Waals surface area contributed by atoms with E-state index in [0.717, 1.165) is 25.7 Å². The Balaban J connectivity index is 2.71. The maximum atomic E-state index is 11.9. The molecule has 1 atom stereocenters. The number of nitrogens with one attached hydrogen (secondary N) is 1. The molecule has 0 aromatic heterocycles. The zero-order chi connectivity index (χ0) is 11.7. The van der Waals surface area contributed by atoms with E-state index < -0.39 is 21.7 Å². The maximum absolute atomic E-state index is 11.9. The summed E-state index contributed by atoms with van der Waals surface area (Å²) in [5.74, 6) is 0. The van der Waals surface area contributed by atoms with Crippen molar-refractivity contribution < 1.29 is 13.5 Å². The first kappa shape index (κ1) is 12.9. The van der Waals surface area contributed by atoms with Gasteiger partial charge in [0.25, 0.3) is 0 Å². The molecule has 1 rings (SSSR count). The maximum Gasteiger partial charge on any atom is 0.215 e. The molecule has 1 saturated carbocycles. The zero-order valence-corrected chi connectivity index (χ0v) is 10.5. The molecule has 4 nitrogen and oxygen atoms in total. The molecule has 0 aliphatic heterocycles. The van der Waals surface area contributed by atoms with Gasteiger partial charge in [-0.25, -0.2) is 13.1 Å². The molecule has 2 N–H and O–H groups in total. The second kappa shape index (κ2) is 4.39. The van der Waals surface area contributed by atoms with Gasteiger partial charge in [-0.15, -0.1) is 0 Å². The van der Waals surface area contributed by atoms with E-state index >= 15 is 0 Å². The molecule has 5 heteroatoms. The van der Waals surface area contributed by atoms with Crippen LogP contribution in [0.1, 0.15) is 46.5 Å². The average molecular weight is 235 g/mol. The predicted molar refractivity (Wildman–Crippen MR) is 60.1 cm³/mol. The fourth-order valence-electron chi connectivity index (χ4n) is 1.73. The van der Waals surface area contributed by atoms with Gasteiger partial charge in [0.1, 0.15) is 0 Å². The van der Waals surface area contributed by atoms with E-state index in [1.165, 1.54) is 0 Å². The standard InChI is InChI=1S/C10H21NO3S/c1-8(12)10(2,3)11-15(13,14)9-6-4-5-7-9/h8-9,11-12H,4-7H2,1-3H3. The first-order valence-corrected chi connectivity index (χ1v) is 7.01. The van der Waals surface area contributed by atoms with E-state index in [-0.39, 0.29) is 5.25 Å². The van der Waals surface area contributed by atoms with E-state index in [1.807, 2.05) is 0 Å². The summed E-state index contributed by atoms with van der Waals surface area (Å²) in [4.78, 5) is 0. The number of aliphatic hydroxyl groups excluding tert-OH is 1. The first-order chi connectivity index (χ1) is 6.76. The number of rotatable bonds is 4. The van der Waals surface area contributed by atoms with Gasteiger partial charge in [0.15, 0.2) is 0 Å². The summed E-state index contributed by atoms with van der Waals surface area (Å²) >= 11 is 0. The molecule has 90 valence electrons. The van der Waals surface area contributed by atoms with Crippen LogP contribution >= 0.6 is 0 Å². The van der Waals surface area contributed by atoms with Crippen molar-refractivity contribution >= 4 is 10.0 Å². The summed E-state index contributed by atoms with van der Waals surface area (Å²) in [5.41, 5.74) is -0.790. The molecule has 1 aliphatic rings. The number of aliphatic hydroxyl groups is 1. The van der Waals surface area contributed by atoms with Crippen LogP contribution in [-0.4, -0.2) is 30.4 Å². The largest absolute Gasteiger partial charge is 0.391 e. The molecular formula is C10H21NO3S. The second-order valence-electron chi connectivity index (χ2n) is 4.95. The van der Waals surface area contributed by atoms with Crippen molar-refractivity contribution in [2.45, 2.75) is 63.3 Å². The van der Waals surface area contributed by atoms with Gasteiger partial charge < -0.3 is 5.11 Å². The highest BCUT2D eigenvalue weighted by atomic mass is 32.2. The molecule has 0 saturated heterocycles. The lowest BCUT2D eigenvalue weighted by Crippen LogP contribution is -2.53. The van der Waals surface area contributed by atoms with Crippen LogP contribution in [0.3, 0.4) is 0 Å². The molecule has 0 aromatic carbocycles. The lowest BCUT2D eigenvalue weighted by molar-refractivity contribution is 0.111. The zero-order valence-electron chi connectivity index (χ0n) is 9.66. The Morgan fingerprint density at radius 1 is 1.33 bits per heavy atom. The van der Waals surface area contributed by atoms with Crippen LogP contribution in [-0.2, 0) is 10.0 Å². The van der Waals surface area contributed by atoms with Crippen molar-refractivity contribution in [3.05, 3.63) is 0 Å². The van der Waals surface area contributed by atoms with Crippen molar-refractivity contribution in [3.63, 3.8) is 0 Å².